The number of benzene rings is 2. The van der Waals surface area contributed by atoms with Gasteiger partial charge in [0, 0.05) is 16.6 Å². The Kier molecular flexibility index (Phi) is 2.97. The van der Waals surface area contributed by atoms with Gasteiger partial charge in [-0.3, -0.25) is 4.57 Å². The minimum Gasteiger partial charge on any atom is -0.411 e. The molecule has 0 saturated carbocycles. The first-order valence-electron chi connectivity index (χ1n) is 5.84. The van der Waals surface area contributed by atoms with Crippen molar-refractivity contribution in [1.82, 2.24) is 4.57 Å². The van der Waals surface area contributed by atoms with Crippen molar-refractivity contribution in [3.05, 3.63) is 65.3 Å². The lowest BCUT2D eigenvalue weighted by Crippen LogP contribution is -1.93. The van der Waals surface area contributed by atoms with Gasteiger partial charge in [-0.25, -0.2) is 0 Å². The number of aromatic nitrogens is 1. The van der Waals surface area contributed by atoms with Crippen LogP contribution in [0, 0.1) is 0 Å². The largest absolute Gasteiger partial charge is 0.411 e. The number of para-hydroxylation sites is 2. The van der Waals surface area contributed by atoms with Crippen molar-refractivity contribution in [2.75, 3.05) is 0 Å². The molecule has 0 aliphatic heterocycles. The first kappa shape index (κ1) is 11.8. The fraction of sp³-hybridized carbons (Fsp3) is 0. The van der Waals surface area contributed by atoms with Crippen LogP contribution in [0.5, 0.6) is 0 Å². The molecular formula is C15H11ClN2O. The second kappa shape index (κ2) is 4.78. The molecule has 0 atom stereocenters. The van der Waals surface area contributed by atoms with Crippen LogP contribution in [0.15, 0.2) is 59.8 Å². The summed E-state index contributed by atoms with van der Waals surface area (Å²) in [5.41, 5.74) is 2.67. The van der Waals surface area contributed by atoms with E-state index in [9.17, 15) is 0 Å². The maximum Gasteiger partial charge on any atom is 0.123 e. The predicted molar refractivity (Wildman–Crippen MR) is 77.7 cm³/mol. The summed E-state index contributed by atoms with van der Waals surface area (Å²) >= 11 is 6.43. The normalized spacial score (nSPS) is 11.4. The molecule has 1 aromatic heterocycles. The van der Waals surface area contributed by atoms with Gasteiger partial charge in [-0.1, -0.05) is 53.2 Å². The zero-order valence-corrected chi connectivity index (χ0v) is 10.7. The Morgan fingerprint density at radius 2 is 1.68 bits per heavy atom. The summed E-state index contributed by atoms with van der Waals surface area (Å²) in [6.07, 6.45) is 1.37. The van der Waals surface area contributed by atoms with Crippen LogP contribution in [0.4, 0.5) is 0 Å². The van der Waals surface area contributed by atoms with Gasteiger partial charge in [0.15, 0.2) is 0 Å². The van der Waals surface area contributed by atoms with Crippen LogP contribution < -0.4 is 0 Å². The summed E-state index contributed by atoms with van der Waals surface area (Å²) < 4.78 is 1.94. The quantitative estimate of drug-likeness (QED) is 0.425. The minimum atomic E-state index is 0.533. The number of nitrogens with zero attached hydrogens (tertiary/aromatic N) is 2. The van der Waals surface area contributed by atoms with Crippen LogP contribution in [0.3, 0.4) is 0 Å². The zero-order valence-electron chi connectivity index (χ0n) is 9.99. The number of hydrogen-bond acceptors (Lipinski definition) is 2. The lowest BCUT2D eigenvalue weighted by molar-refractivity contribution is 0.322. The molecule has 3 rings (SSSR count). The lowest BCUT2D eigenvalue weighted by Gasteiger charge is -2.06. The van der Waals surface area contributed by atoms with Gasteiger partial charge in [0.2, 0.25) is 0 Å². The number of halogens is 1. The van der Waals surface area contributed by atoms with Gasteiger partial charge in [-0.15, -0.1) is 0 Å². The van der Waals surface area contributed by atoms with Crippen molar-refractivity contribution in [3.63, 3.8) is 0 Å². The van der Waals surface area contributed by atoms with Gasteiger partial charge in [0.1, 0.15) is 5.15 Å². The summed E-state index contributed by atoms with van der Waals surface area (Å²) in [4.78, 5) is 0. The van der Waals surface area contributed by atoms with Gasteiger partial charge in [0.25, 0.3) is 0 Å². The Bertz CT molecular complexity index is 747. The van der Waals surface area contributed by atoms with Crippen LogP contribution in [0.25, 0.3) is 16.6 Å². The van der Waals surface area contributed by atoms with Gasteiger partial charge in [-0.05, 0) is 18.2 Å². The molecule has 0 radical (unpaired) electrons. The molecular weight excluding hydrogens is 260 g/mol. The van der Waals surface area contributed by atoms with Crippen LogP contribution in [-0.4, -0.2) is 16.0 Å². The van der Waals surface area contributed by atoms with Gasteiger partial charge in [-0.2, -0.15) is 0 Å². The Labute approximate surface area is 115 Å². The van der Waals surface area contributed by atoms with Gasteiger partial charge in [0.05, 0.1) is 11.7 Å². The van der Waals surface area contributed by atoms with Crippen LogP contribution in [-0.2, 0) is 0 Å². The van der Waals surface area contributed by atoms with E-state index < -0.39 is 0 Å². The molecule has 3 aromatic rings. The van der Waals surface area contributed by atoms with E-state index in [1.54, 1.807) is 0 Å². The van der Waals surface area contributed by atoms with E-state index in [2.05, 4.69) is 5.16 Å². The smallest absolute Gasteiger partial charge is 0.123 e. The van der Waals surface area contributed by atoms with Crippen molar-refractivity contribution in [2.45, 2.75) is 0 Å². The molecule has 3 nitrogen and oxygen atoms in total. The van der Waals surface area contributed by atoms with Crippen molar-refractivity contribution in [3.8, 4) is 5.69 Å². The third kappa shape index (κ3) is 1.88. The average Bonchev–Trinajstić information content (AvgIpc) is 2.73. The molecule has 0 bridgehead atoms. The second-order valence-corrected chi connectivity index (χ2v) is 4.50. The molecule has 0 spiro atoms. The molecule has 1 heterocycles. The number of oxime groups is 1. The van der Waals surface area contributed by atoms with Crippen molar-refractivity contribution >= 4 is 28.7 Å². The fourth-order valence-electron chi connectivity index (χ4n) is 2.24. The standard InChI is InChI=1S/C15H11ClN2O/c16-15-13(10-17-19)12-8-4-5-9-14(12)18(15)11-6-2-1-3-7-11/h1-10,19H/b17-10-. The van der Waals surface area contributed by atoms with Crippen molar-refractivity contribution < 1.29 is 5.21 Å². The first-order valence-corrected chi connectivity index (χ1v) is 6.22. The van der Waals surface area contributed by atoms with E-state index >= 15 is 0 Å². The molecule has 0 fully saturated rings. The topological polar surface area (TPSA) is 37.5 Å². The Morgan fingerprint density at radius 1 is 1.00 bits per heavy atom. The molecule has 1 N–H and O–H groups in total. The van der Waals surface area contributed by atoms with E-state index in [1.165, 1.54) is 6.21 Å². The maximum atomic E-state index is 8.78. The maximum absolute atomic E-state index is 8.78. The van der Waals surface area contributed by atoms with Gasteiger partial charge < -0.3 is 5.21 Å². The highest BCUT2D eigenvalue weighted by Crippen LogP contribution is 2.31. The van der Waals surface area contributed by atoms with E-state index in [0.717, 1.165) is 16.6 Å². The molecule has 2 aromatic carbocycles. The number of hydrogen-bond donors (Lipinski definition) is 1. The highest BCUT2D eigenvalue weighted by molar-refractivity contribution is 6.34. The highest BCUT2D eigenvalue weighted by atomic mass is 35.5. The zero-order chi connectivity index (χ0) is 13.2. The summed E-state index contributed by atoms with van der Waals surface area (Å²) in [6.45, 7) is 0. The third-order valence-electron chi connectivity index (χ3n) is 3.05. The van der Waals surface area contributed by atoms with E-state index in [-0.39, 0.29) is 0 Å². The molecule has 0 saturated heterocycles. The van der Waals surface area contributed by atoms with E-state index in [0.29, 0.717) is 10.7 Å². The molecule has 4 heteroatoms. The Hall–Kier alpha value is -2.26. The van der Waals surface area contributed by atoms with Crippen LogP contribution in [0.2, 0.25) is 5.15 Å². The first-order chi connectivity index (χ1) is 9.33. The van der Waals surface area contributed by atoms with Crippen molar-refractivity contribution in [1.29, 1.82) is 0 Å². The molecule has 0 aliphatic rings. The van der Waals surface area contributed by atoms with E-state index in [4.69, 9.17) is 16.8 Å². The van der Waals surface area contributed by atoms with Gasteiger partial charge >= 0.3 is 0 Å². The molecule has 0 amide bonds. The van der Waals surface area contributed by atoms with Crippen molar-refractivity contribution in [2.24, 2.45) is 5.16 Å². The monoisotopic (exact) mass is 270 g/mol. The Morgan fingerprint density at radius 3 is 2.42 bits per heavy atom. The summed E-state index contributed by atoms with van der Waals surface area (Å²) in [5.74, 6) is 0. The predicted octanol–water partition coefficient (Wildman–Crippen LogP) is 4.09. The SMILES string of the molecule is O/N=C\c1c(Cl)n(-c2ccccc2)c2ccccc12. The molecule has 0 aliphatic carbocycles. The van der Waals surface area contributed by atoms with E-state index in [1.807, 2.05) is 59.2 Å². The summed E-state index contributed by atoms with van der Waals surface area (Å²) in [5, 5.41) is 13.4. The minimum absolute atomic E-state index is 0.533. The third-order valence-corrected chi connectivity index (χ3v) is 3.43. The number of rotatable bonds is 2. The molecule has 94 valence electrons. The lowest BCUT2D eigenvalue weighted by atomic mass is 10.2. The molecule has 0 unspecified atom stereocenters. The fourth-order valence-corrected chi connectivity index (χ4v) is 2.58. The average molecular weight is 271 g/mol. The Balaban J connectivity index is 2.40. The highest BCUT2D eigenvalue weighted by Gasteiger charge is 2.14. The molecule has 19 heavy (non-hydrogen) atoms. The second-order valence-electron chi connectivity index (χ2n) is 4.14. The number of fused-ring (bicyclic) bond motifs is 1. The summed E-state index contributed by atoms with van der Waals surface area (Å²) in [7, 11) is 0. The van der Waals surface area contributed by atoms with Crippen LogP contribution >= 0.6 is 11.6 Å². The summed E-state index contributed by atoms with van der Waals surface area (Å²) in [6, 6.07) is 17.7. The van der Waals surface area contributed by atoms with Crippen LogP contribution in [0.1, 0.15) is 5.56 Å².